The SMILES string of the molecule is Fc1ccc(CC(Br)C2CC3CC3C2)cc1. The predicted octanol–water partition coefficient (Wildman–Crippen LogP) is 4.18. The molecule has 0 saturated heterocycles. The van der Waals surface area contributed by atoms with Crippen LogP contribution in [0.25, 0.3) is 0 Å². The van der Waals surface area contributed by atoms with Crippen LogP contribution in [0.5, 0.6) is 0 Å². The maximum absolute atomic E-state index is 12.8. The zero-order valence-corrected chi connectivity index (χ0v) is 10.8. The summed E-state index contributed by atoms with van der Waals surface area (Å²) in [4.78, 5) is 0.575. The summed E-state index contributed by atoms with van der Waals surface area (Å²) >= 11 is 3.81. The average Bonchev–Trinajstić information content (AvgIpc) is 2.89. The largest absolute Gasteiger partial charge is 0.207 e. The van der Waals surface area contributed by atoms with Crippen molar-refractivity contribution in [2.45, 2.75) is 30.5 Å². The average molecular weight is 283 g/mol. The van der Waals surface area contributed by atoms with Gasteiger partial charge in [-0.3, -0.25) is 0 Å². The number of benzene rings is 1. The lowest BCUT2D eigenvalue weighted by Crippen LogP contribution is -2.15. The van der Waals surface area contributed by atoms with Crippen molar-refractivity contribution in [2.75, 3.05) is 0 Å². The number of hydrogen-bond donors (Lipinski definition) is 0. The minimum absolute atomic E-state index is 0.142. The third-order valence-electron chi connectivity index (χ3n) is 4.14. The molecule has 0 nitrogen and oxygen atoms in total. The van der Waals surface area contributed by atoms with Gasteiger partial charge in [-0.1, -0.05) is 28.1 Å². The Bertz CT molecular complexity index is 363. The highest BCUT2D eigenvalue weighted by Crippen LogP contribution is 2.56. The molecule has 0 amide bonds. The van der Waals surface area contributed by atoms with Crippen LogP contribution in [-0.4, -0.2) is 4.83 Å². The first-order chi connectivity index (χ1) is 7.72. The van der Waals surface area contributed by atoms with E-state index in [1.807, 2.05) is 12.1 Å². The van der Waals surface area contributed by atoms with Gasteiger partial charge in [-0.2, -0.15) is 0 Å². The van der Waals surface area contributed by atoms with Gasteiger partial charge >= 0.3 is 0 Å². The van der Waals surface area contributed by atoms with Crippen LogP contribution in [0.15, 0.2) is 24.3 Å². The van der Waals surface area contributed by atoms with Gasteiger partial charge in [-0.05, 0) is 61.1 Å². The first-order valence-corrected chi connectivity index (χ1v) is 7.02. The molecular weight excluding hydrogens is 267 g/mol. The zero-order valence-electron chi connectivity index (χ0n) is 9.20. The molecule has 86 valence electrons. The van der Waals surface area contributed by atoms with Crippen molar-refractivity contribution in [3.05, 3.63) is 35.6 Å². The molecule has 3 atom stereocenters. The van der Waals surface area contributed by atoms with Gasteiger partial charge in [0, 0.05) is 4.83 Å². The van der Waals surface area contributed by atoms with Crippen LogP contribution >= 0.6 is 15.9 Å². The Hall–Kier alpha value is -0.370. The Balaban J connectivity index is 1.59. The third kappa shape index (κ3) is 2.17. The van der Waals surface area contributed by atoms with Crippen molar-refractivity contribution in [1.82, 2.24) is 0 Å². The van der Waals surface area contributed by atoms with Crippen LogP contribution < -0.4 is 0 Å². The molecule has 2 saturated carbocycles. The minimum atomic E-state index is -0.142. The number of hydrogen-bond acceptors (Lipinski definition) is 0. The molecule has 16 heavy (non-hydrogen) atoms. The Kier molecular flexibility index (Phi) is 2.78. The van der Waals surface area contributed by atoms with Crippen LogP contribution in [0.2, 0.25) is 0 Å². The molecule has 1 aromatic carbocycles. The number of rotatable bonds is 3. The normalized spacial score (nSPS) is 33.5. The van der Waals surface area contributed by atoms with Crippen molar-refractivity contribution in [2.24, 2.45) is 17.8 Å². The maximum atomic E-state index is 12.8. The highest BCUT2D eigenvalue weighted by Gasteiger charge is 2.47. The molecular formula is C14H16BrF. The topological polar surface area (TPSA) is 0 Å². The molecule has 2 heteroatoms. The van der Waals surface area contributed by atoms with Gasteiger partial charge in [0.15, 0.2) is 0 Å². The first kappa shape index (κ1) is 10.8. The second-order valence-corrected chi connectivity index (χ2v) is 6.51. The van der Waals surface area contributed by atoms with Crippen LogP contribution in [0, 0.1) is 23.6 Å². The van der Waals surface area contributed by atoms with Gasteiger partial charge in [-0.25, -0.2) is 4.39 Å². The van der Waals surface area contributed by atoms with Crippen molar-refractivity contribution in [3.63, 3.8) is 0 Å². The summed E-state index contributed by atoms with van der Waals surface area (Å²) in [5.41, 5.74) is 1.24. The molecule has 0 N–H and O–H groups in total. The van der Waals surface area contributed by atoms with Crippen LogP contribution in [0.1, 0.15) is 24.8 Å². The second-order valence-electron chi connectivity index (χ2n) is 5.33. The third-order valence-corrected chi connectivity index (χ3v) is 5.21. The second kappa shape index (κ2) is 4.14. The number of fused-ring (bicyclic) bond motifs is 1. The van der Waals surface area contributed by atoms with E-state index < -0.39 is 0 Å². The predicted molar refractivity (Wildman–Crippen MR) is 67.1 cm³/mol. The van der Waals surface area contributed by atoms with E-state index in [0.717, 1.165) is 24.2 Å². The van der Waals surface area contributed by atoms with E-state index in [1.54, 1.807) is 12.1 Å². The smallest absolute Gasteiger partial charge is 0.123 e. The van der Waals surface area contributed by atoms with E-state index in [0.29, 0.717) is 4.83 Å². The van der Waals surface area contributed by atoms with Gasteiger partial charge in [0.2, 0.25) is 0 Å². The quantitative estimate of drug-likeness (QED) is 0.730. The van der Waals surface area contributed by atoms with E-state index in [9.17, 15) is 4.39 Å². The number of alkyl halides is 1. The molecule has 0 heterocycles. The van der Waals surface area contributed by atoms with Crippen LogP contribution in [0.4, 0.5) is 4.39 Å². The minimum Gasteiger partial charge on any atom is -0.207 e. The summed E-state index contributed by atoms with van der Waals surface area (Å²) in [5.74, 6) is 2.78. The van der Waals surface area contributed by atoms with Crippen molar-refractivity contribution in [1.29, 1.82) is 0 Å². The van der Waals surface area contributed by atoms with Crippen LogP contribution in [0.3, 0.4) is 0 Å². The lowest BCUT2D eigenvalue weighted by Gasteiger charge is -2.18. The summed E-state index contributed by atoms with van der Waals surface area (Å²) in [6.07, 6.45) is 5.32. The molecule has 0 bridgehead atoms. The van der Waals surface area contributed by atoms with E-state index in [-0.39, 0.29) is 5.82 Å². The first-order valence-electron chi connectivity index (χ1n) is 6.11. The van der Waals surface area contributed by atoms with Gasteiger partial charge in [-0.15, -0.1) is 0 Å². The lowest BCUT2D eigenvalue weighted by atomic mass is 9.95. The summed E-state index contributed by atoms with van der Waals surface area (Å²) in [7, 11) is 0. The van der Waals surface area contributed by atoms with E-state index >= 15 is 0 Å². The highest BCUT2D eigenvalue weighted by molar-refractivity contribution is 9.09. The molecule has 0 aliphatic heterocycles. The monoisotopic (exact) mass is 282 g/mol. The summed E-state index contributed by atoms with van der Waals surface area (Å²) in [6.45, 7) is 0. The van der Waals surface area contributed by atoms with Gasteiger partial charge in [0.1, 0.15) is 5.82 Å². The zero-order chi connectivity index (χ0) is 11.1. The molecule has 1 aromatic rings. The fourth-order valence-corrected chi connectivity index (χ4v) is 3.87. The Morgan fingerprint density at radius 3 is 2.38 bits per heavy atom. The number of halogens is 2. The summed E-state index contributed by atoms with van der Waals surface area (Å²) < 4.78 is 12.8. The maximum Gasteiger partial charge on any atom is 0.123 e. The van der Waals surface area contributed by atoms with Crippen LogP contribution in [-0.2, 0) is 6.42 Å². The fraction of sp³-hybridized carbons (Fsp3) is 0.571. The summed E-state index contributed by atoms with van der Waals surface area (Å²) in [6, 6.07) is 6.92. The van der Waals surface area contributed by atoms with Crippen molar-refractivity contribution < 1.29 is 4.39 Å². The van der Waals surface area contributed by atoms with E-state index in [4.69, 9.17) is 0 Å². The molecule has 0 radical (unpaired) electrons. The molecule has 0 spiro atoms. The van der Waals surface area contributed by atoms with E-state index in [1.165, 1.54) is 24.8 Å². The Labute approximate surface area is 104 Å². The fourth-order valence-electron chi connectivity index (χ4n) is 3.07. The lowest BCUT2D eigenvalue weighted by molar-refractivity contribution is 0.470. The van der Waals surface area contributed by atoms with Crippen molar-refractivity contribution in [3.8, 4) is 0 Å². The van der Waals surface area contributed by atoms with Gasteiger partial charge < -0.3 is 0 Å². The molecule has 2 aliphatic rings. The molecule has 2 fully saturated rings. The van der Waals surface area contributed by atoms with E-state index in [2.05, 4.69) is 15.9 Å². The Morgan fingerprint density at radius 2 is 1.75 bits per heavy atom. The van der Waals surface area contributed by atoms with Gasteiger partial charge in [0.05, 0.1) is 0 Å². The molecule has 0 aromatic heterocycles. The highest BCUT2D eigenvalue weighted by atomic mass is 79.9. The molecule has 3 unspecified atom stereocenters. The molecule has 3 rings (SSSR count). The van der Waals surface area contributed by atoms with Crippen molar-refractivity contribution >= 4 is 15.9 Å². The standard InChI is InChI=1S/C14H16BrF/c15-14(12-7-10-6-11(10)8-12)5-9-1-3-13(16)4-2-9/h1-4,10-12,14H,5-8H2. The summed E-state index contributed by atoms with van der Waals surface area (Å²) in [5, 5.41) is 0. The molecule has 2 aliphatic carbocycles. The Morgan fingerprint density at radius 1 is 1.12 bits per heavy atom. The van der Waals surface area contributed by atoms with Gasteiger partial charge in [0.25, 0.3) is 0 Å².